The number of hydrogen-bond acceptors (Lipinski definition) is 5. The zero-order valence-corrected chi connectivity index (χ0v) is 10.0. The number of hydrogen-bond donors (Lipinski definition) is 0. The predicted octanol–water partition coefficient (Wildman–Crippen LogP) is 0.768. The van der Waals surface area contributed by atoms with Crippen LogP contribution >= 0.6 is 0 Å². The van der Waals surface area contributed by atoms with Gasteiger partial charge in [-0.2, -0.15) is 0 Å². The van der Waals surface area contributed by atoms with Crippen molar-refractivity contribution in [1.29, 1.82) is 0 Å². The van der Waals surface area contributed by atoms with E-state index in [0.29, 0.717) is 19.8 Å². The van der Waals surface area contributed by atoms with Crippen LogP contribution in [0.15, 0.2) is 18.3 Å². The van der Waals surface area contributed by atoms with Crippen molar-refractivity contribution >= 4 is 11.8 Å². The van der Waals surface area contributed by atoms with Crippen LogP contribution in [0.5, 0.6) is 0 Å². The maximum absolute atomic E-state index is 11.6. The first kappa shape index (κ1) is 11.9. The van der Waals surface area contributed by atoms with E-state index in [1.807, 2.05) is 24.0 Å². The number of rotatable bonds is 2. The van der Waals surface area contributed by atoms with E-state index in [9.17, 15) is 4.79 Å². The molecule has 1 unspecified atom stereocenters. The van der Waals surface area contributed by atoms with E-state index in [1.54, 1.807) is 6.20 Å². The second-order valence-electron chi connectivity index (χ2n) is 4.00. The van der Waals surface area contributed by atoms with Crippen LogP contribution in [0, 0.1) is 6.92 Å². The molecule has 2 rings (SSSR count). The SMILES string of the molecule is COC(=O)C1COCCN1c1ccc(C)cn1. The average molecular weight is 236 g/mol. The van der Waals surface area contributed by atoms with Gasteiger partial charge in [0.1, 0.15) is 5.82 Å². The Kier molecular flexibility index (Phi) is 3.58. The number of morpholine rings is 1. The van der Waals surface area contributed by atoms with E-state index in [2.05, 4.69) is 4.98 Å². The van der Waals surface area contributed by atoms with Crippen molar-refractivity contribution in [3.8, 4) is 0 Å². The summed E-state index contributed by atoms with van der Waals surface area (Å²) >= 11 is 0. The van der Waals surface area contributed by atoms with Crippen LogP contribution in [0.1, 0.15) is 5.56 Å². The summed E-state index contributed by atoms with van der Waals surface area (Å²) in [5.74, 6) is 0.501. The van der Waals surface area contributed by atoms with Crippen molar-refractivity contribution in [2.24, 2.45) is 0 Å². The Bertz CT molecular complexity index is 391. The van der Waals surface area contributed by atoms with Crippen molar-refractivity contribution < 1.29 is 14.3 Å². The number of methoxy groups -OCH3 is 1. The second-order valence-corrected chi connectivity index (χ2v) is 4.00. The number of carbonyl (C=O) groups is 1. The summed E-state index contributed by atoms with van der Waals surface area (Å²) < 4.78 is 10.1. The molecular formula is C12H16N2O3. The number of carbonyl (C=O) groups excluding carboxylic acids is 1. The Balaban J connectivity index is 2.21. The lowest BCUT2D eigenvalue weighted by molar-refractivity contribution is -0.144. The average Bonchev–Trinajstić information content (AvgIpc) is 2.39. The van der Waals surface area contributed by atoms with Crippen LogP contribution < -0.4 is 4.90 Å². The molecule has 2 heterocycles. The molecule has 92 valence electrons. The zero-order valence-electron chi connectivity index (χ0n) is 10.0. The highest BCUT2D eigenvalue weighted by Crippen LogP contribution is 2.18. The number of aromatic nitrogens is 1. The Hall–Kier alpha value is -1.62. The molecule has 5 heteroatoms. The largest absolute Gasteiger partial charge is 0.467 e. The number of pyridine rings is 1. The molecule has 0 aromatic carbocycles. The number of esters is 1. The number of nitrogens with zero attached hydrogens (tertiary/aromatic N) is 2. The van der Waals surface area contributed by atoms with Gasteiger partial charge in [0.15, 0.2) is 6.04 Å². The van der Waals surface area contributed by atoms with E-state index in [4.69, 9.17) is 9.47 Å². The van der Waals surface area contributed by atoms with Crippen LogP contribution in [0.2, 0.25) is 0 Å². The lowest BCUT2D eigenvalue weighted by Crippen LogP contribution is -2.50. The smallest absolute Gasteiger partial charge is 0.330 e. The van der Waals surface area contributed by atoms with E-state index >= 15 is 0 Å². The van der Waals surface area contributed by atoms with E-state index in [0.717, 1.165) is 11.4 Å². The van der Waals surface area contributed by atoms with Gasteiger partial charge in [0.05, 0.1) is 20.3 Å². The third kappa shape index (κ3) is 2.55. The monoisotopic (exact) mass is 236 g/mol. The molecule has 0 N–H and O–H groups in total. The highest BCUT2D eigenvalue weighted by atomic mass is 16.5. The van der Waals surface area contributed by atoms with E-state index in [-0.39, 0.29) is 5.97 Å². The first-order chi connectivity index (χ1) is 8.22. The van der Waals surface area contributed by atoms with Crippen molar-refractivity contribution in [1.82, 2.24) is 4.98 Å². The molecule has 0 amide bonds. The van der Waals surface area contributed by atoms with Crippen LogP contribution in [-0.2, 0) is 14.3 Å². The topological polar surface area (TPSA) is 51.7 Å². The van der Waals surface area contributed by atoms with Crippen molar-refractivity contribution in [2.75, 3.05) is 31.8 Å². The molecule has 1 fully saturated rings. The second kappa shape index (κ2) is 5.14. The third-order valence-electron chi connectivity index (χ3n) is 2.79. The molecule has 0 aliphatic carbocycles. The van der Waals surface area contributed by atoms with E-state index < -0.39 is 6.04 Å². The molecule has 1 aliphatic rings. The Morgan fingerprint density at radius 1 is 1.59 bits per heavy atom. The lowest BCUT2D eigenvalue weighted by atomic mass is 10.2. The molecule has 5 nitrogen and oxygen atoms in total. The molecule has 1 aliphatic heterocycles. The molecule has 1 aromatic rings. The normalized spacial score (nSPS) is 20.1. The zero-order chi connectivity index (χ0) is 12.3. The molecule has 1 saturated heterocycles. The molecule has 0 saturated carbocycles. The van der Waals surface area contributed by atoms with Gasteiger partial charge in [-0.1, -0.05) is 6.07 Å². The number of anilines is 1. The summed E-state index contributed by atoms with van der Waals surface area (Å²) in [5.41, 5.74) is 1.09. The van der Waals surface area contributed by atoms with Gasteiger partial charge in [-0.05, 0) is 18.6 Å². The fourth-order valence-corrected chi connectivity index (χ4v) is 1.84. The van der Waals surface area contributed by atoms with Crippen LogP contribution in [0.4, 0.5) is 5.82 Å². The summed E-state index contributed by atoms with van der Waals surface area (Å²) in [6.45, 7) is 3.58. The summed E-state index contributed by atoms with van der Waals surface area (Å²) in [7, 11) is 1.39. The quantitative estimate of drug-likeness (QED) is 0.710. The maximum atomic E-state index is 11.6. The van der Waals surface area contributed by atoms with Crippen molar-refractivity contribution in [3.05, 3.63) is 23.9 Å². The van der Waals surface area contributed by atoms with Crippen LogP contribution in [0.25, 0.3) is 0 Å². The van der Waals surface area contributed by atoms with Gasteiger partial charge in [-0.3, -0.25) is 0 Å². The molecule has 0 spiro atoms. The third-order valence-corrected chi connectivity index (χ3v) is 2.79. The fraction of sp³-hybridized carbons (Fsp3) is 0.500. The molecule has 0 bridgehead atoms. The molecule has 0 radical (unpaired) electrons. The highest BCUT2D eigenvalue weighted by molar-refractivity contribution is 5.80. The van der Waals surface area contributed by atoms with Gasteiger partial charge in [0, 0.05) is 12.7 Å². The lowest BCUT2D eigenvalue weighted by Gasteiger charge is -2.34. The highest BCUT2D eigenvalue weighted by Gasteiger charge is 2.31. The van der Waals surface area contributed by atoms with Crippen LogP contribution in [-0.4, -0.2) is 43.9 Å². The van der Waals surface area contributed by atoms with Crippen molar-refractivity contribution in [2.45, 2.75) is 13.0 Å². The standard InChI is InChI=1S/C12H16N2O3/c1-9-3-4-11(13-7-9)14-5-6-17-8-10(14)12(15)16-2/h3-4,7,10H,5-6,8H2,1-2H3. The molecule has 1 aromatic heterocycles. The Morgan fingerprint density at radius 2 is 2.41 bits per heavy atom. The number of ether oxygens (including phenoxy) is 2. The van der Waals surface area contributed by atoms with Gasteiger partial charge in [-0.25, -0.2) is 9.78 Å². The first-order valence-corrected chi connectivity index (χ1v) is 5.57. The summed E-state index contributed by atoms with van der Waals surface area (Å²) in [4.78, 5) is 17.9. The van der Waals surface area contributed by atoms with Crippen LogP contribution in [0.3, 0.4) is 0 Å². The maximum Gasteiger partial charge on any atom is 0.330 e. The Morgan fingerprint density at radius 3 is 3.06 bits per heavy atom. The fourth-order valence-electron chi connectivity index (χ4n) is 1.84. The van der Waals surface area contributed by atoms with Gasteiger partial charge in [0.2, 0.25) is 0 Å². The predicted molar refractivity (Wildman–Crippen MR) is 62.9 cm³/mol. The Labute approximate surface area is 100 Å². The van der Waals surface area contributed by atoms with Gasteiger partial charge < -0.3 is 14.4 Å². The van der Waals surface area contributed by atoms with Crippen molar-refractivity contribution in [3.63, 3.8) is 0 Å². The minimum absolute atomic E-state index is 0.285. The van der Waals surface area contributed by atoms with Gasteiger partial charge >= 0.3 is 5.97 Å². The summed E-state index contributed by atoms with van der Waals surface area (Å²) in [6, 6.07) is 3.49. The minimum atomic E-state index is -0.399. The minimum Gasteiger partial charge on any atom is -0.467 e. The summed E-state index contributed by atoms with van der Waals surface area (Å²) in [6.07, 6.45) is 1.79. The molecular weight excluding hydrogens is 220 g/mol. The summed E-state index contributed by atoms with van der Waals surface area (Å²) in [5, 5.41) is 0. The molecule has 17 heavy (non-hydrogen) atoms. The number of aryl methyl sites for hydroxylation is 1. The van der Waals surface area contributed by atoms with Gasteiger partial charge in [-0.15, -0.1) is 0 Å². The molecule has 1 atom stereocenters. The van der Waals surface area contributed by atoms with E-state index in [1.165, 1.54) is 7.11 Å². The first-order valence-electron chi connectivity index (χ1n) is 5.57. The van der Waals surface area contributed by atoms with Gasteiger partial charge in [0.25, 0.3) is 0 Å².